The summed E-state index contributed by atoms with van der Waals surface area (Å²) in [5.41, 5.74) is -0.439. The Hall–Kier alpha value is 3.45. The average Bonchev–Trinajstić information content (AvgIpc) is 0.797. The highest BCUT2D eigenvalue weighted by atomic mass is 28.6. The normalized spacial score (nSPS) is 15.5. The van der Waals surface area contributed by atoms with Crippen LogP contribution in [0.1, 0.15) is 39.0 Å². The summed E-state index contributed by atoms with van der Waals surface area (Å²) in [5.74, 6) is 0. The van der Waals surface area contributed by atoms with Gasteiger partial charge in [0.15, 0.2) is 8.32 Å². The molecule has 0 heterocycles. The van der Waals surface area contributed by atoms with E-state index in [-0.39, 0.29) is 5.48 Å². The topological polar surface area (TPSA) is 325 Å². The summed E-state index contributed by atoms with van der Waals surface area (Å²) in [6.07, 6.45) is 6.96. The number of unbranched alkanes of at least 4 members (excludes halogenated alkanes) is 2. The molecule has 1 unspecified atom stereocenters. The van der Waals surface area contributed by atoms with Gasteiger partial charge in [-0.3, -0.25) is 0 Å². The van der Waals surface area contributed by atoms with E-state index in [0.29, 0.717) is 13.2 Å². The van der Waals surface area contributed by atoms with Crippen LogP contribution in [0.25, 0.3) is 0 Å². The molecule has 0 bridgehead atoms. The van der Waals surface area contributed by atoms with Crippen LogP contribution < -0.4 is 0 Å². The zero-order valence-electron chi connectivity index (χ0n) is 92.3. The van der Waals surface area contributed by atoms with Crippen LogP contribution >= 0.6 is 0 Å². The maximum absolute atomic E-state index is 12.4. The van der Waals surface area contributed by atoms with Gasteiger partial charge in [0.25, 0.3) is 0 Å². The Morgan fingerprint density at radius 1 is 0.256 bits per heavy atom. The second kappa shape index (κ2) is 50.5. The summed E-state index contributed by atoms with van der Waals surface area (Å²) in [5, 5.41) is 0. The number of hydrogen-bond donors (Lipinski definition) is 0. The molecule has 0 radical (unpaired) electrons. The SMILES string of the molecule is C=CCCCCOCOC.C=COC(=O)OC(CCC)[Si](C)(C)O[Si](C)(C)O[Si](C)(C)O[Si](C)(C)O[Si](C)(C)O[Si](C)(C)O[Si](C)(C)O[Si](C)(C)O[Si](C)(C)O[Si](C)(C)O[Si](C)(C)O[Si](C)(C)O[Si](C)(C)O[Si](C)(C)O[Si](C)(C)O[Si](C)(C)O[Si](C)(C)O[Si](C)(C)O[Si](C)(C)O[Si](C)(C)O[Si](C)(C)O[Si](C)(C)O[Si](C)(C)O[Si](C)(C)O[Si](C)(C)O[Si](C)(C)O[Si](C)(C)C.O. The molecule has 59 heteroatoms. The molecule has 0 saturated heterocycles. The first-order chi connectivity index (χ1) is 55.7. The number of rotatable bonds is 64. The lowest BCUT2D eigenvalue weighted by atomic mass is 10.2. The van der Waals surface area contributed by atoms with E-state index >= 15 is 0 Å². The lowest BCUT2D eigenvalue weighted by Crippen LogP contribution is -2.63. The summed E-state index contributed by atoms with van der Waals surface area (Å²) in [7, 11) is -74.5. The third-order valence-corrected chi connectivity index (χ3v) is 121. The summed E-state index contributed by atoms with van der Waals surface area (Å²) in [6, 6.07) is 0. The molecule has 129 heavy (non-hydrogen) atoms. The quantitative estimate of drug-likeness (QED) is 0.0136. The fourth-order valence-corrected chi connectivity index (χ4v) is 158. The van der Waals surface area contributed by atoms with Crippen molar-refractivity contribution >= 4 is 237 Å². The highest BCUT2D eigenvalue weighted by Gasteiger charge is 2.58. The predicted molar refractivity (Wildman–Crippen MR) is 588 cm³/mol. The first-order valence-corrected chi connectivity index (χ1v) is 122. The van der Waals surface area contributed by atoms with Gasteiger partial charge in [0.05, 0.1) is 6.26 Å². The van der Waals surface area contributed by atoms with Crippen molar-refractivity contribution in [3.8, 4) is 0 Å². The zero-order chi connectivity index (χ0) is 102. The Balaban J connectivity index is -0.0000135. The first-order valence-electron chi connectivity index (χ1n) is 45.1. The number of hydrogen-bond acceptors (Lipinski definition) is 31. The summed E-state index contributed by atoms with van der Waals surface area (Å²) < 4.78 is 201. The minimum Gasteiger partial charge on any atom is -0.437 e. The Morgan fingerprint density at radius 2 is 0.419 bits per heavy atom. The zero-order valence-corrected chi connectivity index (χ0v) is 119. The molecule has 774 valence electrons. The van der Waals surface area contributed by atoms with Crippen molar-refractivity contribution in [1.29, 1.82) is 0 Å². The number of ether oxygens (including phenoxy) is 4. The molecule has 0 spiro atoms. The highest BCUT2D eigenvalue weighted by Crippen LogP contribution is 2.38. The van der Waals surface area contributed by atoms with Crippen molar-refractivity contribution in [2.45, 2.75) is 405 Å². The molecule has 0 aliphatic rings. The Bertz CT molecular complexity index is 3360. The van der Waals surface area contributed by atoms with Gasteiger partial charge < -0.3 is 131 Å². The number of methoxy groups -OCH3 is 1. The van der Waals surface area contributed by atoms with Gasteiger partial charge in [-0.1, -0.05) is 26.0 Å². The van der Waals surface area contributed by atoms with Gasteiger partial charge >= 0.3 is 220 Å². The smallest absolute Gasteiger partial charge is 0.437 e. The third kappa shape index (κ3) is 66.2. The molecular weight excluding hydrogens is 2110 g/mol. The van der Waals surface area contributed by atoms with E-state index in [2.05, 4.69) is 164 Å². The van der Waals surface area contributed by atoms with E-state index in [1.165, 1.54) is 0 Å². The van der Waals surface area contributed by atoms with Gasteiger partial charge in [-0.25, -0.2) is 4.79 Å². The van der Waals surface area contributed by atoms with Gasteiger partial charge in [0, 0.05) is 13.7 Å². The van der Waals surface area contributed by atoms with E-state index in [9.17, 15) is 4.79 Å². The molecule has 0 saturated carbocycles. The minimum atomic E-state index is -2.94. The largest absolute Gasteiger partial charge is 0.513 e. The second-order valence-corrected chi connectivity index (χ2v) is 145. The molecule has 0 aliphatic heterocycles. The predicted octanol–water partition coefficient (Wildman–Crippen LogP) is 23.1. The molecule has 0 aliphatic carbocycles. The van der Waals surface area contributed by atoms with Crippen LogP contribution in [0.2, 0.25) is 360 Å². The van der Waals surface area contributed by atoms with Gasteiger partial charge in [-0.05, 0) is 386 Å². The molecule has 0 aromatic carbocycles. The molecule has 0 aromatic heterocycles. The maximum atomic E-state index is 12.4. The lowest BCUT2D eigenvalue weighted by Gasteiger charge is -2.45. The van der Waals surface area contributed by atoms with Crippen LogP contribution in [0.3, 0.4) is 0 Å². The fourth-order valence-electron chi connectivity index (χ4n) is 17.8. The van der Waals surface area contributed by atoms with Crippen molar-refractivity contribution in [3.63, 3.8) is 0 Å². The standard InChI is InChI=1S/C62H176O29Si27.C8H16O2.H2O/c1-58-60-61(65-62(63)64-59-2)93(6,7)67-95(10,11)69-97(14,15)71-99(18,19)73-101(22,23)75-103(26,27)77-105(30,31)79-107(34,35)81-109(38,39)83-111(42,43)85-113(46,47)87-115(50,51)89-117(54,55)91-118(56,57)90-116(52,53)88-114(48,49)86-112(44,45)84-110(40,41)82-108(36,37)80-106(32,33)78-104(28,29)76-102(24,25)74-100(20,21)72-98(16,17)70-96(12,13)68-94(8,9)66-92(3,4)5;1-3-4-5-6-7-10-8-9-2;/h59,61H,2,58,60H2,1,3-57H3;3H,1,4-8H2,2H3;1H2. The Morgan fingerprint density at radius 3 is 0.558 bits per heavy atom. The summed E-state index contributed by atoms with van der Waals surface area (Å²) in [6.45, 7) is 123. The van der Waals surface area contributed by atoms with Crippen LogP contribution in [-0.4, -0.2) is 269 Å². The van der Waals surface area contributed by atoms with Crippen LogP contribution in [0.4, 0.5) is 4.79 Å². The Kier molecular flexibility index (Phi) is 53.5. The van der Waals surface area contributed by atoms with Crippen LogP contribution in [0, 0.1) is 0 Å². The monoisotopic (exact) mass is 2300 g/mol. The van der Waals surface area contributed by atoms with Crippen molar-refractivity contribution in [3.05, 3.63) is 25.5 Å². The third-order valence-electron chi connectivity index (χ3n) is 15.8. The maximum Gasteiger partial charge on any atom is 0.513 e. The highest BCUT2D eigenvalue weighted by molar-refractivity contribution is 6.98. The number of allylic oxidation sites excluding steroid dienone is 1. The van der Waals surface area contributed by atoms with Crippen LogP contribution in [-0.2, 0) is 126 Å². The molecule has 2 N–H and O–H groups in total. The van der Waals surface area contributed by atoms with Gasteiger partial charge in [-0.2, -0.15) is 0 Å². The van der Waals surface area contributed by atoms with Crippen LogP contribution in [0.15, 0.2) is 25.5 Å². The molecule has 0 rings (SSSR count). The number of carbonyl (C=O) groups is 1. The van der Waals surface area contributed by atoms with Crippen molar-refractivity contribution in [2.24, 2.45) is 0 Å². The van der Waals surface area contributed by atoms with Gasteiger partial charge in [0.2, 0.25) is 8.32 Å². The van der Waals surface area contributed by atoms with Gasteiger partial charge in [-0.15, -0.1) is 6.58 Å². The summed E-state index contributed by atoms with van der Waals surface area (Å²) >= 11 is 0. The van der Waals surface area contributed by atoms with Crippen molar-refractivity contribution in [2.75, 3.05) is 20.5 Å². The van der Waals surface area contributed by atoms with E-state index in [1.807, 2.05) is 223 Å². The van der Waals surface area contributed by atoms with Gasteiger partial charge in [0.1, 0.15) is 12.5 Å². The van der Waals surface area contributed by atoms with Crippen molar-refractivity contribution in [1.82, 2.24) is 0 Å². The van der Waals surface area contributed by atoms with Crippen LogP contribution in [0.5, 0.6) is 0 Å². The van der Waals surface area contributed by atoms with E-state index in [0.717, 1.165) is 38.6 Å². The first kappa shape index (κ1) is 137. The molecule has 0 fully saturated rings. The van der Waals surface area contributed by atoms with E-state index in [4.69, 9.17) is 126 Å². The molecule has 0 amide bonds. The average molecular weight is 2310 g/mol. The molecule has 32 nitrogen and oxygen atoms in total. The minimum absolute atomic E-state index is 0. The molecular formula is C70H194O32Si27. The van der Waals surface area contributed by atoms with E-state index in [1.54, 1.807) is 7.11 Å². The number of carbonyl (C=O) groups excluding carboxylic acids is 1. The molecule has 1 atom stereocenters. The van der Waals surface area contributed by atoms with Crippen molar-refractivity contribution < 1.29 is 136 Å². The van der Waals surface area contributed by atoms with E-state index < -0.39 is 243 Å². The molecule has 0 aromatic rings. The second-order valence-electron chi connectivity index (χ2n) is 45.4. The fraction of sp³-hybridized carbons (Fsp3) is 0.929. The Labute approximate surface area is 816 Å². The lowest BCUT2D eigenvalue weighted by molar-refractivity contribution is -0.0314. The summed E-state index contributed by atoms with van der Waals surface area (Å²) in [4.78, 5) is 12.4.